The molecule has 1 N–H and O–H groups in total. The van der Waals surface area contributed by atoms with Gasteiger partial charge in [0.15, 0.2) is 5.28 Å². The van der Waals surface area contributed by atoms with E-state index in [1.807, 2.05) is 24.3 Å². The maximum Gasteiger partial charge on any atom is 0.200 e. The fourth-order valence-corrected chi connectivity index (χ4v) is 1.76. The minimum absolute atomic E-state index is 0.408. The van der Waals surface area contributed by atoms with Crippen molar-refractivity contribution in [3.8, 4) is 11.3 Å². The number of nitrogens with zero attached hydrogens (tertiary/aromatic N) is 1. The standard InChI is InChI=1S/C9H6BrClN2/c10-7-4-2-1-3-6(7)8-5-12-9(11)13-8/h1-5H,(H,12,13). The Morgan fingerprint density at radius 2 is 2.08 bits per heavy atom. The second kappa shape index (κ2) is 3.52. The fraction of sp³-hybridized carbons (Fsp3) is 0. The van der Waals surface area contributed by atoms with Gasteiger partial charge in [-0.05, 0) is 17.7 Å². The van der Waals surface area contributed by atoms with Crippen molar-refractivity contribution in [3.63, 3.8) is 0 Å². The average molecular weight is 258 g/mol. The van der Waals surface area contributed by atoms with Crippen LogP contribution in [-0.4, -0.2) is 9.97 Å². The van der Waals surface area contributed by atoms with E-state index in [1.165, 1.54) is 0 Å². The number of hydrogen-bond donors (Lipinski definition) is 1. The maximum absolute atomic E-state index is 5.68. The third kappa shape index (κ3) is 1.76. The number of nitrogens with one attached hydrogen (secondary N) is 1. The summed E-state index contributed by atoms with van der Waals surface area (Å²) in [5, 5.41) is 0.408. The Labute approximate surface area is 89.1 Å². The number of aromatic nitrogens is 2. The molecule has 2 nitrogen and oxygen atoms in total. The molecule has 0 bridgehead atoms. The molecule has 0 atom stereocenters. The summed E-state index contributed by atoms with van der Waals surface area (Å²) < 4.78 is 1.02. The third-order valence-electron chi connectivity index (χ3n) is 1.71. The molecule has 0 saturated heterocycles. The van der Waals surface area contributed by atoms with Gasteiger partial charge in [0.25, 0.3) is 0 Å². The summed E-state index contributed by atoms with van der Waals surface area (Å²) in [7, 11) is 0. The minimum atomic E-state index is 0.408. The van der Waals surface area contributed by atoms with Gasteiger partial charge in [0.1, 0.15) is 0 Å². The molecular formula is C9H6BrClN2. The topological polar surface area (TPSA) is 28.7 Å². The zero-order valence-electron chi connectivity index (χ0n) is 6.59. The third-order valence-corrected chi connectivity index (χ3v) is 2.59. The van der Waals surface area contributed by atoms with Crippen molar-refractivity contribution >= 4 is 27.5 Å². The van der Waals surface area contributed by atoms with Crippen LogP contribution >= 0.6 is 27.5 Å². The van der Waals surface area contributed by atoms with E-state index in [-0.39, 0.29) is 0 Å². The van der Waals surface area contributed by atoms with E-state index in [1.54, 1.807) is 6.20 Å². The molecule has 0 saturated carbocycles. The van der Waals surface area contributed by atoms with Crippen LogP contribution in [0, 0.1) is 0 Å². The number of rotatable bonds is 1. The van der Waals surface area contributed by atoms with Gasteiger partial charge >= 0.3 is 0 Å². The van der Waals surface area contributed by atoms with Gasteiger partial charge in [0.05, 0.1) is 11.9 Å². The van der Waals surface area contributed by atoms with Gasteiger partial charge in [-0.2, -0.15) is 0 Å². The van der Waals surface area contributed by atoms with Gasteiger partial charge in [0.2, 0.25) is 0 Å². The Balaban J connectivity index is 2.52. The SMILES string of the molecule is Clc1ncc(-c2ccccc2Br)[nH]1. The van der Waals surface area contributed by atoms with Crippen molar-refractivity contribution in [2.75, 3.05) is 0 Å². The van der Waals surface area contributed by atoms with Crippen LogP contribution in [0.4, 0.5) is 0 Å². The van der Waals surface area contributed by atoms with Crippen molar-refractivity contribution in [1.29, 1.82) is 0 Å². The molecule has 1 aromatic carbocycles. The van der Waals surface area contributed by atoms with E-state index in [9.17, 15) is 0 Å². The van der Waals surface area contributed by atoms with E-state index in [0.717, 1.165) is 15.7 Å². The second-order valence-electron chi connectivity index (χ2n) is 2.57. The molecule has 1 aromatic heterocycles. The predicted molar refractivity (Wildman–Crippen MR) is 56.7 cm³/mol. The van der Waals surface area contributed by atoms with Gasteiger partial charge < -0.3 is 4.98 Å². The first-order valence-corrected chi connectivity index (χ1v) is 4.90. The summed E-state index contributed by atoms with van der Waals surface area (Å²) in [6.45, 7) is 0. The molecule has 2 rings (SSSR count). The Hall–Kier alpha value is -0.800. The lowest BCUT2D eigenvalue weighted by Crippen LogP contribution is -1.77. The van der Waals surface area contributed by atoms with Crippen LogP contribution in [0.15, 0.2) is 34.9 Å². The highest BCUT2D eigenvalue weighted by Gasteiger charge is 2.04. The summed E-state index contributed by atoms with van der Waals surface area (Å²) in [5.74, 6) is 0. The monoisotopic (exact) mass is 256 g/mol. The lowest BCUT2D eigenvalue weighted by Gasteiger charge is -1.99. The van der Waals surface area contributed by atoms with Crippen molar-refractivity contribution < 1.29 is 0 Å². The van der Waals surface area contributed by atoms with E-state index in [0.29, 0.717) is 5.28 Å². The molecule has 0 aliphatic carbocycles. The molecule has 0 spiro atoms. The van der Waals surface area contributed by atoms with Gasteiger partial charge in [-0.25, -0.2) is 4.98 Å². The second-order valence-corrected chi connectivity index (χ2v) is 3.78. The van der Waals surface area contributed by atoms with Crippen molar-refractivity contribution in [1.82, 2.24) is 9.97 Å². The lowest BCUT2D eigenvalue weighted by atomic mass is 10.2. The molecule has 2 aromatic rings. The highest BCUT2D eigenvalue weighted by atomic mass is 79.9. The van der Waals surface area contributed by atoms with E-state index in [4.69, 9.17) is 11.6 Å². The summed E-state index contributed by atoms with van der Waals surface area (Å²) in [5.41, 5.74) is 1.97. The first kappa shape index (κ1) is 8.78. The highest BCUT2D eigenvalue weighted by molar-refractivity contribution is 9.10. The van der Waals surface area contributed by atoms with Gasteiger partial charge in [-0.15, -0.1) is 0 Å². The zero-order chi connectivity index (χ0) is 9.26. The molecule has 0 amide bonds. The van der Waals surface area contributed by atoms with E-state index >= 15 is 0 Å². The molecule has 66 valence electrons. The van der Waals surface area contributed by atoms with Gasteiger partial charge in [-0.3, -0.25) is 0 Å². The normalized spacial score (nSPS) is 10.3. The molecule has 0 fully saturated rings. The number of aromatic amines is 1. The maximum atomic E-state index is 5.68. The van der Waals surface area contributed by atoms with Crippen molar-refractivity contribution in [3.05, 3.63) is 40.2 Å². The number of H-pyrrole nitrogens is 1. The van der Waals surface area contributed by atoms with Crippen molar-refractivity contribution in [2.45, 2.75) is 0 Å². The van der Waals surface area contributed by atoms with Crippen molar-refractivity contribution in [2.24, 2.45) is 0 Å². The lowest BCUT2D eigenvalue weighted by molar-refractivity contribution is 1.31. The van der Waals surface area contributed by atoms with Crippen LogP contribution < -0.4 is 0 Å². The minimum Gasteiger partial charge on any atom is -0.329 e. The summed E-state index contributed by atoms with van der Waals surface area (Å²) in [6, 6.07) is 7.90. The smallest absolute Gasteiger partial charge is 0.200 e. The average Bonchev–Trinajstić information content (AvgIpc) is 2.53. The highest BCUT2D eigenvalue weighted by Crippen LogP contribution is 2.26. The Morgan fingerprint density at radius 3 is 2.69 bits per heavy atom. The summed E-state index contributed by atoms with van der Waals surface area (Å²) in [6.07, 6.45) is 1.71. The Kier molecular flexibility index (Phi) is 2.38. The van der Waals surface area contributed by atoms with Crippen LogP contribution in [0.25, 0.3) is 11.3 Å². The van der Waals surface area contributed by atoms with Crippen LogP contribution in [-0.2, 0) is 0 Å². The molecule has 1 heterocycles. The zero-order valence-corrected chi connectivity index (χ0v) is 8.93. The number of halogens is 2. The first-order valence-electron chi connectivity index (χ1n) is 3.73. The predicted octanol–water partition coefficient (Wildman–Crippen LogP) is 3.49. The fourth-order valence-electron chi connectivity index (χ4n) is 1.11. The summed E-state index contributed by atoms with van der Waals surface area (Å²) >= 11 is 9.13. The Bertz CT molecular complexity index is 425. The molecule has 0 radical (unpaired) electrons. The van der Waals surface area contributed by atoms with Crippen LogP contribution in [0.5, 0.6) is 0 Å². The number of hydrogen-bond acceptors (Lipinski definition) is 1. The quantitative estimate of drug-likeness (QED) is 0.832. The Morgan fingerprint density at radius 1 is 1.31 bits per heavy atom. The van der Waals surface area contributed by atoms with Gasteiger partial charge in [-0.1, -0.05) is 34.1 Å². The summed E-state index contributed by atoms with van der Waals surface area (Å²) in [4.78, 5) is 6.88. The van der Waals surface area contributed by atoms with Crippen LogP contribution in [0.3, 0.4) is 0 Å². The number of imidazole rings is 1. The van der Waals surface area contributed by atoms with Crippen LogP contribution in [0.2, 0.25) is 5.28 Å². The molecule has 0 aliphatic heterocycles. The van der Waals surface area contributed by atoms with Gasteiger partial charge in [0, 0.05) is 10.0 Å². The van der Waals surface area contributed by atoms with E-state index < -0.39 is 0 Å². The molecule has 4 heteroatoms. The van der Waals surface area contributed by atoms with Crippen LogP contribution in [0.1, 0.15) is 0 Å². The molecular weight excluding hydrogens is 251 g/mol. The first-order chi connectivity index (χ1) is 6.27. The molecule has 13 heavy (non-hydrogen) atoms. The largest absolute Gasteiger partial charge is 0.329 e. The number of benzene rings is 1. The van der Waals surface area contributed by atoms with E-state index in [2.05, 4.69) is 25.9 Å². The molecule has 0 unspecified atom stereocenters. The molecule has 0 aliphatic rings.